The van der Waals surface area contributed by atoms with Gasteiger partial charge in [0.1, 0.15) is 5.54 Å². The first kappa shape index (κ1) is 16.3. The van der Waals surface area contributed by atoms with Gasteiger partial charge in [-0.25, -0.2) is 0 Å². The number of carbonyl (C=O) groups is 2. The van der Waals surface area contributed by atoms with E-state index < -0.39 is 5.54 Å². The van der Waals surface area contributed by atoms with Gasteiger partial charge < -0.3 is 15.8 Å². The van der Waals surface area contributed by atoms with Crippen LogP contribution in [0, 0.1) is 0 Å². The molecule has 0 radical (unpaired) electrons. The lowest BCUT2D eigenvalue weighted by atomic mass is 9.98. The van der Waals surface area contributed by atoms with Gasteiger partial charge in [0.25, 0.3) is 0 Å². The number of thioether (sulfide) groups is 1. The first-order valence-corrected chi connectivity index (χ1v) is 7.94. The molecule has 0 spiro atoms. The normalized spacial score (nSPS) is 17.6. The summed E-state index contributed by atoms with van der Waals surface area (Å²) in [6.45, 7) is 3.81. The second-order valence-corrected chi connectivity index (χ2v) is 6.24. The fourth-order valence-electron chi connectivity index (χ4n) is 1.60. The lowest BCUT2D eigenvalue weighted by Crippen LogP contribution is -2.46. The summed E-state index contributed by atoms with van der Waals surface area (Å²) in [6, 6.07) is 0.421. The maximum absolute atomic E-state index is 11.5. The van der Waals surface area contributed by atoms with E-state index in [-0.39, 0.29) is 11.9 Å². The molecule has 0 aromatic carbocycles. The Kier molecular flexibility index (Phi) is 6.65. The van der Waals surface area contributed by atoms with Gasteiger partial charge in [-0.15, -0.1) is 0 Å². The van der Waals surface area contributed by atoms with Crippen molar-refractivity contribution in [2.24, 2.45) is 5.73 Å². The molecule has 0 aliphatic heterocycles. The molecule has 0 saturated heterocycles. The number of hydrogen-bond acceptors (Lipinski definition) is 5. The number of ether oxygens (including phenoxy) is 1. The highest BCUT2D eigenvalue weighted by Gasteiger charge is 2.29. The van der Waals surface area contributed by atoms with Gasteiger partial charge in [0, 0.05) is 6.04 Å². The highest BCUT2D eigenvalue weighted by atomic mass is 32.2. The van der Waals surface area contributed by atoms with E-state index in [4.69, 9.17) is 10.5 Å². The number of amides is 1. The molecular weight excluding hydrogens is 264 g/mol. The Bertz CT molecular complexity index is 317. The first-order chi connectivity index (χ1) is 8.95. The van der Waals surface area contributed by atoms with Gasteiger partial charge in [0.05, 0.1) is 12.4 Å². The molecule has 1 atom stereocenters. The maximum Gasteiger partial charge on any atom is 0.325 e. The summed E-state index contributed by atoms with van der Waals surface area (Å²) in [5.74, 6) is 1.06. The molecule has 1 aliphatic rings. The van der Waals surface area contributed by atoms with Crippen LogP contribution in [0.5, 0.6) is 0 Å². The van der Waals surface area contributed by atoms with Crippen LogP contribution in [-0.4, -0.2) is 41.6 Å². The predicted octanol–water partition coefficient (Wildman–Crippen LogP) is 1.06. The summed E-state index contributed by atoms with van der Waals surface area (Å²) >= 11 is 1.58. The molecule has 1 rings (SSSR count). The van der Waals surface area contributed by atoms with Crippen LogP contribution in [0.4, 0.5) is 0 Å². The third kappa shape index (κ3) is 6.82. The van der Waals surface area contributed by atoms with Crippen LogP contribution in [0.1, 0.15) is 39.5 Å². The average molecular weight is 288 g/mol. The number of nitrogens with two attached hydrogens (primary N) is 1. The summed E-state index contributed by atoms with van der Waals surface area (Å²) in [6.07, 6.45) is 3.60. The second kappa shape index (κ2) is 7.75. The largest absolute Gasteiger partial charge is 0.465 e. The van der Waals surface area contributed by atoms with Crippen molar-refractivity contribution in [1.82, 2.24) is 5.32 Å². The van der Waals surface area contributed by atoms with Crippen LogP contribution in [-0.2, 0) is 14.3 Å². The van der Waals surface area contributed by atoms with Crippen LogP contribution < -0.4 is 11.1 Å². The summed E-state index contributed by atoms with van der Waals surface area (Å²) in [4.78, 5) is 23.0. The van der Waals surface area contributed by atoms with Gasteiger partial charge in [-0.05, 0) is 45.3 Å². The molecule has 110 valence electrons. The van der Waals surface area contributed by atoms with E-state index in [0.717, 1.165) is 25.0 Å². The highest BCUT2D eigenvalue weighted by molar-refractivity contribution is 7.99. The smallest absolute Gasteiger partial charge is 0.325 e. The van der Waals surface area contributed by atoms with Crippen LogP contribution in [0.2, 0.25) is 0 Å². The zero-order chi connectivity index (χ0) is 14.3. The minimum Gasteiger partial charge on any atom is -0.465 e. The number of rotatable bonds is 9. The number of hydrogen-bond donors (Lipinski definition) is 2. The van der Waals surface area contributed by atoms with Crippen molar-refractivity contribution in [2.45, 2.75) is 51.1 Å². The third-order valence-electron chi connectivity index (χ3n) is 2.90. The zero-order valence-electron chi connectivity index (χ0n) is 11.7. The average Bonchev–Trinajstić information content (AvgIpc) is 3.12. The van der Waals surface area contributed by atoms with Crippen molar-refractivity contribution >= 4 is 23.6 Å². The maximum atomic E-state index is 11.5. The van der Waals surface area contributed by atoms with E-state index in [1.165, 1.54) is 0 Å². The van der Waals surface area contributed by atoms with E-state index in [1.807, 2.05) is 0 Å². The van der Waals surface area contributed by atoms with Crippen molar-refractivity contribution in [1.29, 1.82) is 0 Å². The molecule has 1 saturated carbocycles. The summed E-state index contributed by atoms with van der Waals surface area (Å²) in [5, 5.41) is 2.94. The summed E-state index contributed by atoms with van der Waals surface area (Å²) in [5.41, 5.74) is 4.98. The van der Waals surface area contributed by atoms with Gasteiger partial charge in [-0.1, -0.05) is 0 Å². The quantitative estimate of drug-likeness (QED) is 0.490. The molecule has 1 unspecified atom stereocenters. The van der Waals surface area contributed by atoms with Crippen LogP contribution >= 0.6 is 11.8 Å². The molecule has 3 N–H and O–H groups in total. The van der Waals surface area contributed by atoms with Crippen molar-refractivity contribution < 1.29 is 14.3 Å². The Morgan fingerprint density at radius 2 is 2.16 bits per heavy atom. The zero-order valence-corrected chi connectivity index (χ0v) is 12.6. The molecule has 19 heavy (non-hydrogen) atoms. The van der Waals surface area contributed by atoms with Crippen molar-refractivity contribution in [3.8, 4) is 0 Å². The SMILES string of the molecule is CCOC(=O)C(C)(N)CCCSCC(=O)NC1CC1. The monoisotopic (exact) mass is 288 g/mol. The summed E-state index contributed by atoms with van der Waals surface area (Å²) < 4.78 is 4.92. The first-order valence-electron chi connectivity index (χ1n) is 6.79. The number of esters is 1. The van der Waals surface area contributed by atoms with Crippen LogP contribution in [0.3, 0.4) is 0 Å². The third-order valence-corrected chi connectivity index (χ3v) is 3.95. The Morgan fingerprint density at radius 1 is 1.47 bits per heavy atom. The lowest BCUT2D eigenvalue weighted by molar-refractivity contribution is -0.149. The van der Waals surface area contributed by atoms with Gasteiger partial charge in [0.2, 0.25) is 5.91 Å². The Labute approximate surface area is 119 Å². The fraction of sp³-hybridized carbons (Fsp3) is 0.846. The molecule has 1 fully saturated rings. The number of nitrogens with one attached hydrogen (secondary N) is 1. The molecular formula is C13H24N2O3S. The van der Waals surface area contributed by atoms with E-state index >= 15 is 0 Å². The topological polar surface area (TPSA) is 81.4 Å². The van der Waals surface area contributed by atoms with E-state index in [0.29, 0.717) is 24.8 Å². The molecule has 0 bridgehead atoms. The minimum absolute atomic E-state index is 0.105. The highest BCUT2D eigenvalue weighted by Crippen LogP contribution is 2.19. The molecule has 6 heteroatoms. The molecule has 5 nitrogen and oxygen atoms in total. The minimum atomic E-state index is -0.924. The van der Waals surface area contributed by atoms with Crippen LogP contribution in [0.15, 0.2) is 0 Å². The molecule has 0 aromatic rings. The second-order valence-electron chi connectivity index (χ2n) is 5.14. The van der Waals surface area contributed by atoms with Gasteiger partial charge in [0.15, 0.2) is 0 Å². The molecule has 0 heterocycles. The van der Waals surface area contributed by atoms with Crippen molar-refractivity contribution in [2.75, 3.05) is 18.1 Å². The Balaban J connectivity index is 2.05. The van der Waals surface area contributed by atoms with Crippen molar-refractivity contribution in [3.05, 3.63) is 0 Å². The van der Waals surface area contributed by atoms with E-state index in [9.17, 15) is 9.59 Å². The molecule has 1 amide bonds. The predicted molar refractivity (Wildman–Crippen MR) is 76.9 cm³/mol. The Hall–Kier alpha value is -0.750. The van der Waals surface area contributed by atoms with Gasteiger partial charge >= 0.3 is 5.97 Å². The van der Waals surface area contributed by atoms with Gasteiger partial charge in [-0.3, -0.25) is 9.59 Å². The Morgan fingerprint density at radius 3 is 2.74 bits per heavy atom. The molecule has 0 aromatic heterocycles. The molecule has 1 aliphatic carbocycles. The van der Waals surface area contributed by atoms with E-state index in [2.05, 4.69) is 5.32 Å². The summed E-state index contributed by atoms with van der Waals surface area (Å²) in [7, 11) is 0. The van der Waals surface area contributed by atoms with Gasteiger partial charge in [-0.2, -0.15) is 11.8 Å². The van der Waals surface area contributed by atoms with E-state index in [1.54, 1.807) is 25.6 Å². The lowest BCUT2D eigenvalue weighted by Gasteiger charge is -2.21. The van der Waals surface area contributed by atoms with Crippen molar-refractivity contribution in [3.63, 3.8) is 0 Å². The fourth-order valence-corrected chi connectivity index (χ4v) is 2.36. The number of carbonyl (C=O) groups excluding carboxylic acids is 2. The van der Waals surface area contributed by atoms with Crippen LogP contribution in [0.25, 0.3) is 0 Å². The standard InChI is InChI=1S/C13H24N2O3S/c1-3-18-12(17)13(2,14)7-4-8-19-9-11(16)15-10-5-6-10/h10H,3-9,14H2,1-2H3,(H,15,16).